The van der Waals surface area contributed by atoms with Gasteiger partial charge in [-0.05, 0) is 38.7 Å². The first-order valence-corrected chi connectivity index (χ1v) is 10.1. The molecule has 7 nitrogen and oxygen atoms in total. The number of aromatic nitrogens is 2. The predicted molar refractivity (Wildman–Crippen MR) is 107 cm³/mol. The van der Waals surface area contributed by atoms with Gasteiger partial charge in [-0.3, -0.25) is 9.59 Å². The van der Waals surface area contributed by atoms with Gasteiger partial charge < -0.3 is 19.7 Å². The highest BCUT2D eigenvalue weighted by Crippen LogP contribution is 2.33. The second-order valence-electron chi connectivity index (χ2n) is 7.94. The van der Waals surface area contributed by atoms with Gasteiger partial charge >= 0.3 is 0 Å². The fourth-order valence-electron chi connectivity index (χ4n) is 4.56. The van der Waals surface area contributed by atoms with Crippen LogP contribution < -0.4 is 10.9 Å². The van der Waals surface area contributed by atoms with Crippen molar-refractivity contribution >= 4 is 22.5 Å². The van der Waals surface area contributed by atoms with Crippen molar-refractivity contribution in [3.8, 4) is 0 Å². The molecule has 7 heteroatoms. The SMILES string of the molecule is CC(=O)c1c(C)c2cnc(N[C@H]3CCOC[C@H]3O)cc2n(C2CCCC2)c1=O. The Hall–Kier alpha value is -2.25. The van der Waals surface area contributed by atoms with E-state index in [1.165, 1.54) is 6.92 Å². The summed E-state index contributed by atoms with van der Waals surface area (Å²) in [5.74, 6) is 0.420. The maximum absolute atomic E-state index is 13.2. The molecule has 28 heavy (non-hydrogen) atoms. The summed E-state index contributed by atoms with van der Waals surface area (Å²) < 4.78 is 7.09. The lowest BCUT2D eigenvalue weighted by molar-refractivity contribution is -0.0135. The maximum Gasteiger partial charge on any atom is 0.262 e. The molecular formula is C21H27N3O4. The van der Waals surface area contributed by atoms with Crippen LogP contribution in [0.1, 0.15) is 61.0 Å². The minimum absolute atomic E-state index is 0.109. The number of rotatable bonds is 4. The average Bonchev–Trinajstić information content (AvgIpc) is 3.17. The van der Waals surface area contributed by atoms with Gasteiger partial charge in [0.2, 0.25) is 0 Å². The summed E-state index contributed by atoms with van der Waals surface area (Å²) in [4.78, 5) is 29.9. The molecule has 3 heterocycles. The Kier molecular flexibility index (Phi) is 5.21. The van der Waals surface area contributed by atoms with Crippen LogP contribution in [-0.2, 0) is 4.74 Å². The van der Waals surface area contributed by atoms with Crippen LogP contribution in [0, 0.1) is 6.92 Å². The van der Waals surface area contributed by atoms with Crippen molar-refractivity contribution in [2.75, 3.05) is 18.5 Å². The number of aliphatic hydroxyl groups excluding tert-OH is 1. The Bertz CT molecular complexity index is 962. The molecule has 1 saturated carbocycles. The Morgan fingerprint density at radius 1 is 1.32 bits per heavy atom. The third-order valence-corrected chi connectivity index (χ3v) is 6.05. The van der Waals surface area contributed by atoms with E-state index in [2.05, 4.69) is 10.3 Å². The Labute approximate surface area is 163 Å². The summed E-state index contributed by atoms with van der Waals surface area (Å²) in [5.41, 5.74) is 1.56. The van der Waals surface area contributed by atoms with E-state index >= 15 is 0 Å². The molecule has 2 aromatic rings. The van der Waals surface area contributed by atoms with Gasteiger partial charge in [-0.1, -0.05) is 12.8 Å². The second-order valence-corrected chi connectivity index (χ2v) is 7.94. The lowest BCUT2D eigenvalue weighted by atomic mass is 10.0. The van der Waals surface area contributed by atoms with Crippen LogP contribution in [0.4, 0.5) is 5.82 Å². The normalized spacial score (nSPS) is 23.2. The molecule has 0 unspecified atom stereocenters. The fourth-order valence-corrected chi connectivity index (χ4v) is 4.56. The van der Waals surface area contributed by atoms with Gasteiger partial charge in [0.05, 0.1) is 29.8 Å². The van der Waals surface area contributed by atoms with Crippen molar-refractivity contribution in [2.24, 2.45) is 0 Å². The van der Waals surface area contributed by atoms with Crippen molar-refractivity contribution < 1.29 is 14.6 Å². The average molecular weight is 385 g/mol. The molecule has 0 aromatic carbocycles. The summed E-state index contributed by atoms with van der Waals surface area (Å²) in [7, 11) is 0. The van der Waals surface area contributed by atoms with Crippen LogP contribution in [0.3, 0.4) is 0 Å². The number of ketones is 1. The third kappa shape index (κ3) is 3.33. The zero-order valence-electron chi connectivity index (χ0n) is 16.4. The molecule has 2 fully saturated rings. The number of hydrogen-bond donors (Lipinski definition) is 2. The van der Waals surface area contributed by atoms with Crippen LogP contribution in [-0.4, -0.2) is 45.8 Å². The lowest BCUT2D eigenvalue weighted by Gasteiger charge is -2.29. The minimum atomic E-state index is -0.593. The van der Waals surface area contributed by atoms with Gasteiger partial charge in [0.1, 0.15) is 5.82 Å². The topological polar surface area (TPSA) is 93.4 Å². The zero-order valence-corrected chi connectivity index (χ0v) is 16.4. The highest BCUT2D eigenvalue weighted by Gasteiger charge is 2.27. The molecule has 2 N–H and O–H groups in total. The lowest BCUT2D eigenvalue weighted by Crippen LogP contribution is -2.42. The van der Waals surface area contributed by atoms with Crippen molar-refractivity contribution in [3.63, 3.8) is 0 Å². The highest BCUT2D eigenvalue weighted by molar-refractivity contribution is 6.00. The van der Waals surface area contributed by atoms with Crippen LogP contribution in [0.2, 0.25) is 0 Å². The number of nitrogens with zero attached hydrogens (tertiary/aromatic N) is 2. The van der Waals surface area contributed by atoms with Crippen LogP contribution in [0.25, 0.3) is 10.9 Å². The summed E-state index contributed by atoms with van der Waals surface area (Å²) in [6.07, 6.45) is 5.90. The number of ether oxygens (including phenoxy) is 1. The van der Waals surface area contributed by atoms with E-state index in [1.54, 1.807) is 10.8 Å². The van der Waals surface area contributed by atoms with Crippen LogP contribution in [0.5, 0.6) is 0 Å². The number of Topliss-reactive ketones (excluding diaryl/α,β-unsaturated/α-hetero) is 1. The van der Waals surface area contributed by atoms with E-state index in [4.69, 9.17) is 4.74 Å². The standard InChI is InChI=1S/C21H27N3O4/c1-12-15-10-22-19(23-16-7-8-28-11-18(16)26)9-17(15)24(14-5-3-4-6-14)21(27)20(12)13(2)25/h9-10,14,16,18,26H,3-8,11H2,1-2H3,(H,22,23)/t16-,18+/m0/s1. The quantitative estimate of drug-likeness (QED) is 0.786. The number of carbonyl (C=O) groups excluding carboxylic acids is 1. The number of aliphatic hydroxyl groups is 1. The van der Waals surface area contributed by atoms with Crippen molar-refractivity contribution in [1.82, 2.24) is 9.55 Å². The predicted octanol–water partition coefficient (Wildman–Crippen LogP) is 2.58. The maximum atomic E-state index is 13.2. The molecule has 2 aromatic heterocycles. The third-order valence-electron chi connectivity index (χ3n) is 6.05. The number of aryl methyl sites for hydroxylation is 1. The molecular weight excluding hydrogens is 358 g/mol. The van der Waals surface area contributed by atoms with Crippen molar-refractivity contribution in [1.29, 1.82) is 0 Å². The Morgan fingerprint density at radius 2 is 2.07 bits per heavy atom. The first kappa shape index (κ1) is 19.1. The number of hydrogen-bond acceptors (Lipinski definition) is 6. The molecule has 0 spiro atoms. The number of pyridine rings is 2. The first-order valence-electron chi connectivity index (χ1n) is 10.1. The van der Waals surface area contributed by atoms with E-state index in [-0.39, 0.29) is 29.0 Å². The molecule has 1 aliphatic heterocycles. The Morgan fingerprint density at radius 3 is 2.75 bits per heavy atom. The van der Waals surface area contributed by atoms with Crippen molar-refractivity contribution in [2.45, 2.75) is 64.1 Å². The van der Waals surface area contributed by atoms with Gasteiger partial charge in [0.15, 0.2) is 5.78 Å². The summed E-state index contributed by atoms with van der Waals surface area (Å²) in [6.45, 7) is 4.16. The van der Waals surface area contributed by atoms with Crippen molar-refractivity contribution in [3.05, 3.63) is 33.7 Å². The number of fused-ring (bicyclic) bond motifs is 1. The molecule has 1 saturated heterocycles. The van der Waals surface area contributed by atoms with E-state index in [1.807, 2.05) is 13.0 Å². The number of anilines is 1. The highest BCUT2D eigenvalue weighted by atomic mass is 16.5. The second kappa shape index (κ2) is 7.64. The smallest absolute Gasteiger partial charge is 0.262 e. The summed E-state index contributed by atoms with van der Waals surface area (Å²) >= 11 is 0. The monoisotopic (exact) mass is 385 g/mol. The first-order chi connectivity index (χ1) is 13.5. The minimum Gasteiger partial charge on any atom is -0.389 e. The van der Waals surface area contributed by atoms with Gasteiger partial charge in [0, 0.05) is 30.3 Å². The molecule has 4 rings (SSSR count). The molecule has 0 amide bonds. The molecule has 2 aliphatic rings. The van der Waals surface area contributed by atoms with E-state index in [0.29, 0.717) is 31.0 Å². The molecule has 1 aliphatic carbocycles. The van der Waals surface area contributed by atoms with E-state index in [9.17, 15) is 14.7 Å². The molecule has 150 valence electrons. The van der Waals surface area contributed by atoms with E-state index in [0.717, 1.165) is 36.6 Å². The number of nitrogens with one attached hydrogen (secondary N) is 1. The molecule has 0 bridgehead atoms. The molecule has 2 atom stereocenters. The fraction of sp³-hybridized carbons (Fsp3) is 0.571. The Balaban J connectivity index is 1.84. The van der Waals surface area contributed by atoms with Crippen LogP contribution >= 0.6 is 0 Å². The van der Waals surface area contributed by atoms with Gasteiger partial charge in [-0.25, -0.2) is 4.98 Å². The van der Waals surface area contributed by atoms with E-state index < -0.39 is 6.10 Å². The summed E-state index contributed by atoms with van der Waals surface area (Å²) in [6, 6.07) is 1.86. The van der Waals surface area contributed by atoms with Crippen LogP contribution in [0.15, 0.2) is 17.1 Å². The largest absolute Gasteiger partial charge is 0.389 e. The van der Waals surface area contributed by atoms with Gasteiger partial charge in [-0.15, -0.1) is 0 Å². The zero-order chi connectivity index (χ0) is 19.8. The summed E-state index contributed by atoms with van der Waals surface area (Å²) in [5, 5.41) is 14.3. The van der Waals surface area contributed by atoms with Gasteiger partial charge in [0.25, 0.3) is 5.56 Å². The number of carbonyl (C=O) groups is 1. The molecule has 0 radical (unpaired) electrons. The van der Waals surface area contributed by atoms with Gasteiger partial charge in [-0.2, -0.15) is 0 Å².